The minimum absolute atomic E-state index is 0.0575. The molecule has 6 nitrogen and oxygen atoms in total. The smallest absolute Gasteiger partial charge is 0.416 e. The maximum atomic E-state index is 12.8. The van der Waals surface area contributed by atoms with Gasteiger partial charge in [-0.15, -0.1) is 11.8 Å². The molecule has 0 radical (unpaired) electrons. The fraction of sp³-hybridized carbons (Fsp3) is 0.259. The number of rotatable bonds is 11. The van der Waals surface area contributed by atoms with E-state index in [-0.39, 0.29) is 52.8 Å². The highest BCUT2D eigenvalue weighted by atomic mass is 32.2. The Balaban J connectivity index is 1.89. The van der Waals surface area contributed by atoms with Gasteiger partial charge in [0.2, 0.25) is 0 Å². The predicted octanol–water partition coefficient (Wildman–Crippen LogP) is 7.57. The molecule has 1 amide bonds. The van der Waals surface area contributed by atoms with Gasteiger partial charge in [0.15, 0.2) is 11.5 Å². The monoisotopic (exact) mass is 587 g/mol. The van der Waals surface area contributed by atoms with Crippen LogP contribution in [0, 0.1) is 0 Å². The molecule has 0 unspecified atom stereocenters. The molecular weight excluding hydrogens is 564 g/mol. The number of carbonyl (C=O) groups is 2. The number of carboxylic acid groups (broad SMARTS) is 1. The standard InChI is InChI=1S/C27H23F6NO5S/c1-2-38-22-9-3-16(12-24(35)36)11-23(22)39-21-10-8-20(13-18(21)14-40-15-26(28,29)30)34-25(37)17-4-6-19(7-5-17)27(31,32)33/h3-11,13H,2,12,14-15H2,1H3,(H,34,37)(H,35,36). The van der Waals surface area contributed by atoms with Gasteiger partial charge in [0.1, 0.15) is 5.75 Å². The van der Waals surface area contributed by atoms with Crippen LogP contribution in [0.5, 0.6) is 17.2 Å². The number of amides is 1. The molecule has 0 heterocycles. The number of anilines is 1. The van der Waals surface area contributed by atoms with Crippen molar-refractivity contribution in [2.24, 2.45) is 0 Å². The highest BCUT2D eigenvalue weighted by molar-refractivity contribution is 7.98. The van der Waals surface area contributed by atoms with E-state index in [4.69, 9.17) is 14.6 Å². The first-order chi connectivity index (χ1) is 18.7. The molecule has 0 saturated heterocycles. The number of benzene rings is 3. The summed E-state index contributed by atoms with van der Waals surface area (Å²) >= 11 is 0.559. The van der Waals surface area contributed by atoms with E-state index in [0.717, 1.165) is 24.3 Å². The lowest BCUT2D eigenvalue weighted by molar-refractivity contribution is -0.138. The number of ether oxygens (including phenoxy) is 2. The second-order valence-corrected chi connectivity index (χ2v) is 9.33. The lowest BCUT2D eigenvalue weighted by Crippen LogP contribution is -2.13. The Morgan fingerprint density at radius 3 is 2.17 bits per heavy atom. The SMILES string of the molecule is CCOc1ccc(CC(=O)O)cc1Oc1ccc(NC(=O)c2ccc(C(F)(F)F)cc2)cc1CSCC(F)(F)F. The third kappa shape index (κ3) is 9.11. The zero-order valence-electron chi connectivity index (χ0n) is 20.9. The van der Waals surface area contributed by atoms with E-state index in [1.54, 1.807) is 13.0 Å². The summed E-state index contributed by atoms with van der Waals surface area (Å²) in [5.41, 5.74) is -0.138. The lowest BCUT2D eigenvalue weighted by Gasteiger charge is -2.17. The number of aliphatic carboxylic acids is 1. The number of thioether (sulfide) groups is 1. The minimum Gasteiger partial charge on any atom is -0.490 e. The van der Waals surface area contributed by atoms with E-state index in [1.165, 1.54) is 30.3 Å². The van der Waals surface area contributed by atoms with Crippen molar-refractivity contribution in [3.63, 3.8) is 0 Å². The molecule has 0 saturated carbocycles. The lowest BCUT2D eigenvalue weighted by atomic mass is 10.1. The zero-order chi connectivity index (χ0) is 29.5. The van der Waals surface area contributed by atoms with Gasteiger partial charge in [-0.3, -0.25) is 9.59 Å². The molecule has 0 spiro atoms. The van der Waals surface area contributed by atoms with Crippen LogP contribution in [0.1, 0.15) is 34.0 Å². The van der Waals surface area contributed by atoms with Gasteiger partial charge in [-0.2, -0.15) is 26.3 Å². The van der Waals surface area contributed by atoms with Crippen LogP contribution in [-0.2, 0) is 23.1 Å². The Labute approximate surface area is 229 Å². The largest absolute Gasteiger partial charge is 0.490 e. The van der Waals surface area contributed by atoms with Crippen LogP contribution >= 0.6 is 11.8 Å². The Kier molecular flexibility index (Phi) is 9.96. The summed E-state index contributed by atoms with van der Waals surface area (Å²) in [6, 6.07) is 12.3. The van der Waals surface area contributed by atoms with Gasteiger partial charge in [0.25, 0.3) is 5.91 Å². The summed E-state index contributed by atoms with van der Waals surface area (Å²) in [6.07, 6.45) is -9.29. The minimum atomic E-state index is -4.57. The third-order valence-electron chi connectivity index (χ3n) is 5.20. The van der Waals surface area contributed by atoms with Gasteiger partial charge >= 0.3 is 18.3 Å². The molecule has 0 atom stereocenters. The molecular formula is C27H23F6NO5S. The maximum Gasteiger partial charge on any atom is 0.416 e. The number of nitrogens with one attached hydrogen (secondary N) is 1. The number of carboxylic acids is 1. The van der Waals surface area contributed by atoms with E-state index in [0.29, 0.717) is 17.3 Å². The Hall–Kier alpha value is -3.87. The highest BCUT2D eigenvalue weighted by Crippen LogP contribution is 2.37. The Bertz CT molecular complexity index is 1340. The van der Waals surface area contributed by atoms with Crippen molar-refractivity contribution in [1.29, 1.82) is 0 Å². The van der Waals surface area contributed by atoms with Crippen LogP contribution in [0.25, 0.3) is 0 Å². The molecule has 3 aromatic carbocycles. The number of carbonyl (C=O) groups excluding carboxylic acids is 1. The summed E-state index contributed by atoms with van der Waals surface area (Å²) in [4.78, 5) is 23.7. The number of halogens is 6. The summed E-state index contributed by atoms with van der Waals surface area (Å²) in [5, 5.41) is 11.6. The Morgan fingerprint density at radius 1 is 0.900 bits per heavy atom. The summed E-state index contributed by atoms with van der Waals surface area (Å²) in [5.74, 6) is -2.56. The number of hydrogen-bond donors (Lipinski definition) is 2. The van der Waals surface area contributed by atoms with Gasteiger partial charge in [-0.25, -0.2) is 0 Å². The van der Waals surface area contributed by atoms with Crippen molar-refractivity contribution in [3.8, 4) is 17.2 Å². The first kappa shape index (κ1) is 30.7. The quantitative estimate of drug-likeness (QED) is 0.225. The average Bonchev–Trinajstić information content (AvgIpc) is 2.85. The molecule has 0 aromatic heterocycles. The van der Waals surface area contributed by atoms with Gasteiger partial charge < -0.3 is 19.9 Å². The molecule has 3 rings (SSSR count). The van der Waals surface area contributed by atoms with Crippen LogP contribution in [-0.4, -0.2) is 35.5 Å². The van der Waals surface area contributed by atoms with Gasteiger partial charge in [0, 0.05) is 22.6 Å². The second-order valence-electron chi connectivity index (χ2n) is 8.35. The van der Waals surface area contributed by atoms with Gasteiger partial charge in [-0.05, 0) is 67.1 Å². The van der Waals surface area contributed by atoms with Gasteiger partial charge in [0.05, 0.1) is 24.3 Å². The molecule has 2 N–H and O–H groups in total. The molecule has 40 heavy (non-hydrogen) atoms. The normalized spacial score (nSPS) is 11.7. The van der Waals surface area contributed by atoms with Crippen molar-refractivity contribution >= 4 is 29.3 Å². The van der Waals surface area contributed by atoms with E-state index < -0.39 is 35.5 Å². The summed E-state index contributed by atoms with van der Waals surface area (Å²) < 4.78 is 88.3. The fourth-order valence-electron chi connectivity index (χ4n) is 3.47. The van der Waals surface area contributed by atoms with E-state index in [2.05, 4.69) is 5.32 Å². The van der Waals surface area contributed by atoms with Crippen molar-refractivity contribution in [1.82, 2.24) is 0 Å². The third-order valence-corrected chi connectivity index (χ3v) is 6.25. The van der Waals surface area contributed by atoms with Crippen LogP contribution in [0.15, 0.2) is 60.7 Å². The van der Waals surface area contributed by atoms with Gasteiger partial charge in [-0.1, -0.05) is 6.07 Å². The first-order valence-corrected chi connectivity index (χ1v) is 12.8. The molecule has 0 aliphatic rings. The molecule has 214 valence electrons. The van der Waals surface area contributed by atoms with Crippen molar-refractivity contribution in [2.75, 3.05) is 17.7 Å². The molecule has 13 heteroatoms. The average molecular weight is 588 g/mol. The predicted molar refractivity (Wildman–Crippen MR) is 137 cm³/mol. The van der Waals surface area contributed by atoms with Crippen LogP contribution in [0.3, 0.4) is 0 Å². The fourth-order valence-corrected chi connectivity index (χ4v) is 4.25. The molecule has 0 fully saturated rings. The van der Waals surface area contributed by atoms with Crippen molar-refractivity contribution < 1.29 is 50.5 Å². The van der Waals surface area contributed by atoms with E-state index >= 15 is 0 Å². The molecule has 0 bridgehead atoms. The van der Waals surface area contributed by atoms with Crippen molar-refractivity contribution in [2.45, 2.75) is 31.5 Å². The summed E-state index contributed by atoms with van der Waals surface area (Å²) in [7, 11) is 0. The Morgan fingerprint density at radius 2 is 1.57 bits per heavy atom. The van der Waals surface area contributed by atoms with Crippen LogP contribution < -0.4 is 14.8 Å². The summed E-state index contributed by atoms with van der Waals surface area (Å²) in [6.45, 7) is 1.99. The number of hydrogen-bond acceptors (Lipinski definition) is 5. The van der Waals surface area contributed by atoms with Crippen LogP contribution in [0.2, 0.25) is 0 Å². The van der Waals surface area contributed by atoms with Crippen molar-refractivity contribution in [3.05, 3.63) is 82.9 Å². The highest BCUT2D eigenvalue weighted by Gasteiger charge is 2.30. The zero-order valence-corrected chi connectivity index (χ0v) is 21.7. The van der Waals surface area contributed by atoms with E-state index in [1.807, 2.05) is 0 Å². The first-order valence-electron chi connectivity index (χ1n) is 11.7. The molecule has 3 aromatic rings. The second kappa shape index (κ2) is 13.0. The van der Waals surface area contributed by atoms with E-state index in [9.17, 15) is 35.9 Å². The topological polar surface area (TPSA) is 84.9 Å². The molecule has 0 aliphatic heterocycles. The van der Waals surface area contributed by atoms with Crippen LogP contribution in [0.4, 0.5) is 32.0 Å². The maximum absolute atomic E-state index is 12.8. The number of alkyl halides is 6. The molecule has 0 aliphatic carbocycles.